The van der Waals surface area contributed by atoms with Gasteiger partial charge in [0.2, 0.25) is 5.91 Å². The van der Waals surface area contributed by atoms with E-state index in [0.717, 1.165) is 13.0 Å². The summed E-state index contributed by atoms with van der Waals surface area (Å²) in [4.78, 5) is 12.6. The lowest BCUT2D eigenvalue weighted by atomic mass is 10.0. The second-order valence-electron chi connectivity index (χ2n) is 6.63. The molecule has 0 aliphatic heterocycles. The van der Waals surface area contributed by atoms with Crippen molar-refractivity contribution in [3.05, 3.63) is 61.1 Å². The number of hydrogen-bond donors (Lipinski definition) is 1. The fourth-order valence-corrected chi connectivity index (χ4v) is 3.12. The fraction of sp³-hybridized carbons (Fsp3) is 0.350. The second-order valence-corrected chi connectivity index (χ2v) is 6.63. The van der Waals surface area contributed by atoms with Gasteiger partial charge in [-0.05, 0) is 42.0 Å². The molecule has 0 aliphatic rings. The number of benzene rings is 1. The summed E-state index contributed by atoms with van der Waals surface area (Å²) in [5, 5.41) is 4.33. The number of para-hydroxylation sites is 1. The SMILES string of the molecule is CC(C)C[C@H](C(=O)NCCn1ccc2ccccc21)n1cccc1. The molecule has 0 fully saturated rings. The Morgan fingerprint density at radius 3 is 2.54 bits per heavy atom. The van der Waals surface area contributed by atoms with E-state index >= 15 is 0 Å². The Morgan fingerprint density at radius 1 is 1.04 bits per heavy atom. The first-order chi connectivity index (χ1) is 11.6. The maximum Gasteiger partial charge on any atom is 0.243 e. The van der Waals surface area contributed by atoms with Crippen molar-refractivity contribution in [3.8, 4) is 0 Å². The lowest BCUT2D eigenvalue weighted by Gasteiger charge is -2.20. The molecule has 1 amide bonds. The summed E-state index contributed by atoms with van der Waals surface area (Å²) in [7, 11) is 0. The topological polar surface area (TPSA) is 39.0 Å². The molecular weight excluding hydrogens is 298 g/mol. The van der Waals surface area contributed by atoms with Gasteiger partial charge in [-0.25, -0.2) is 0 Å². The maximum atomic E-state index is 12.6. The van der Waals surface area contributed by atoms with Gasteiger partial charge in [0.1, 0.15) is 6.04 Å². The quantitative estimate of drug-likeness (QED) is 0.705. The summed E-state index contributed by atoms with van der Waals surface area (Å²) in [5.41, 5.74) is 1.20. The Kier molecular flexibility index (Phi) is 5.04. The third kappa shape index (κ3) is 3.70. The van der Waals surface area contributed by atoms with E-state index in [1.165, 1.54) is 10.9 Å². The van der Waals surface area contributed by atoms with E-state index in [1.54, 1.807) is 0 Å². The molecule has 2 aromatic heterocycles. The van der Waals surface area contributed by atoms with E-state index in [0.29, 0.717) is 12.5 Å². The van der Waals surface area contributed by atoms with E-state index in [9.17, 15) is 4.79 Å². The summed E-state index contributed by atoms with van der Waals surface area (Å²) in [6, 6.07) is 14.2. The van der Waals surface area contributed by atoms with Gasteiger partial charge in [0.15, 0.2) is 0 Å². The van der Waals surface area contributed by atoms with Gasteiger partial charge in [0, 0.05) is 37.2 Å². The van der Waals surface area contributed by atoms with E-state index in [4.69, 9.17) is 0 Å². The molecule has 4 nitrogen and oxygen atoms in total. The van der Waals surface area contributed by atoms with Crippen molar-refractivity contribution in [2.24, 2.45) is 5.92 Å². The lowest BCUT2D eigenvalue weighted by molar-refractivity contribution is -0.124. The van der Waals surface area contributed by atoms with Crippen LogP contribution < -0.4 is 5.32 Å². The average Bonchev–Trinajstić information content (AvgIpc) is 3.22. The minimum Gasteiger partial charge on any atom is -0.353 e. The van der Waals surface area contributed by atoms with Gasteiger partial charge in [-0.15, -0.1) is 0 Å². The molecule has 3 rings (SSSR count). The van der Waals surface area contributed by atoms with Crippen LogP contribution in [0.25, 0.3) is 10.9 Å². The zero-order chi connectivity index (χ0) is 16.9. The summed E-state index contributed by atoms with van der Waals surface area (Å²) >= 11 is 0. The molecule has 4 heteroatoms. The van der Waals surface area contributed by atoms with E-state index in [-0.39, 0.29) is 11.9 Å². The zero-order valence-electron chi connectivity index (χ0n) is 14.4. The second kappa shape index (κ2) is 7.39. The van der Waals surface area contributed by atoms with Gasteiger partial charge in [0.25, 0.3) is 0 Å². The molecule has 1 atom stereocenters. The number of amides is 1. The highest BCUT2D eigenvalue weighted by Crippen LogP contribution is 2.18. The third-order valence-electron chi connectivity index (χ3n) is 4.32. The molecule has 24 heavy (non-hydrogen) atoms. The number of carbonyl (C=O) groups excluding carboxylic acids is 1. The van der Waals surface area contributed by atoms with E-state index in [1.807, 2.05) is 41.2 Å². The van der Waals surface area contributed by atoms with Crippen LogP contribution in [-0.4, -0.2) is 21.6 Å². The number of nitrogens with zero attached hydrogens (tertiary/aromatic N) is 2. The monoisotopic (exact) mass is 323 g/mol. The van der Waals surface area contributed by atoms with Crippen molar-refractivity contribution in [2.45, 2.75) is 32.9 Å². The zero-order valence-corrected chi connectivity index (χ0v) is 14.4. The van der Waals surface area contributed by atoms with Crippen LogP contribution >= 0.6 is 0 Å². The summed E-state index contributed by atoms with van der Waals surface area (Å²) in [5.74, 6) is 0.563. The molecule has 0 aliphatic carbocycles. The molecule has 0 saturated carbocycles. The molecule has 0 saturated heterocycles. The van der Waals surface area contributed by atoms with Gasteiger partial charge < -0.3 is 14.5 Å². The van der Waals surface area contributed by atoms with E-state index < -0.39 is 0 Å². The van der Waals surface area contributed by atoms with Crippen molar-refractivity contribution in [1.82, 2.24) is 14.5 Å². The predicted molar refractivity (Wildman–Crippen MR) is 97.9 cm³/mol. The first kappa shape index (κ1) is 16.4. The first-order valence-corrected chi connectivity index (χ1v) is 8.59. The van der Waals surface area contributed by atoms with Crippen molar-refractivity contribution in [3.63, 3.8) is 0 Å². The van der Waals surface area contributed by atoms with Gasteiger partial charge in [-0.3, -0.25) is 4.79 Å². The highest BCUT2D eigenvalue weighted by Gasteiger charge is 2.20. The molecule has 0 spiro atoms. The Hall–Kier alpha value is -2.49. The molecular formula is C20H25N3O. The van der Waals surface area contributed by atoms with Gasteiger partial charge in [-0.2, -0.15) is 0 Å². The molecule has 3 aromatic rings. The van der Waals surface area contributed by atoms with Crippen molar-refractivity contribution >= 4 is 16.8 Å². The van der Waals surface area contributed by atoms with E-state index in [2.05, 4.69) is 48.1 Å². The van der Waals surface area contributed by atoms with Gasteiger partial charge in [0.05, 0.1) is 0 Å². The first-order valence-electron chi connectivity index (χ1n) is 8.59. The van der Waals surface area contributed by atoms with Gasteiger partial charge >= 0.3 is 0 Å². The largest absolute Gasteiger partial charge is 0.353 e. The molecule has 0 unspecified atom stereocenters. The van der Waals surface area contributed by atoms with Crippen LogP contribution in [0.5, 0.6) is 0 Å². The molecule has 1 N–H and O–H groups in total. The molecule has 2 heterocycles. The molecule has 0 radical (unpaired) electrons. The van der Waals surface area contributed by atoms with Crippen molar-refractivity contribution in [1.29, 1.82) is 0 Å². The third-order valence-corrected chi connectivity index (χ3v) is 4.32. The summed E-state index contributed by atoms with van der Waals surface area (Å²) in [6.07, 6.45) is 6.85. The molecule has 1 aromatic carbocycles. The Bertz CT molecular complexity index is 786. The number of nitrogens with one attached hydrogen (secondary N) is 1. The number of aromatic nitrogens is 2. The highest BCUT2D eigenvalue weighted by molar-refractivity contribution is 5.81. The molecule has 0 bridgehead atoms. The predicted octanol–water partition coefficient (Wildman–Crippen LogP) is 3.85. The van der Waals surface area contributed by atoms with Crippen LogP contribution in [0, 0.1) is 5.92 Å². The highest BCUT2D eigenvalue weighted by atomic mass is 16.2. The van der Waals surface area contributed by atoms with Gasteiger partial charge in [-0.1, -0.05) is 32.0 Å². The lowest BCUT2D eigenvalue weighted by Crippen LogP contribution is -2.34. The Labute approximate surface area is 143 Å². The Morgan fingerprint density at radius 2 is 1.79 bits per heavy atom. The maximum absolute atomic E-state index is 12.6. The summed E-state index contributed by atoms with van der Waals surface area (Å²) in [6.45, 7) is 5.71. The number of carbonyl (C=O) groups is 1. The molecule has 126 valence electrons. The van der Waals surface area contributed by atoms with Crippen molar-refractivity contribution in [2.75, 3.05) is 6.54 Å². The standard InChI is InChI=1S/C20H25N3O/c1-16(2)15-19(22-11-5-6-12-22)20(24)21-10-14-23-13-9-17-7-3-4-8-18(17)23/h3-9,11-13,16,19H,10,14-15H2,1-2H3,(H,21,24)/t19-/m1/s1. The number of hydrogen-bond acceptors (Lipinski definition) is 1. The normalized spacial score (nSPS) is 12.6. The number of fused-ring (bicyclic) bond motifs is 1. The van der Waals surface area contributed by atoms with Crippen LogP contribution in [0.2, 0.25) is 0 Å². The summed E-state index contributed by atoms with van der Waals surface area (Å²) < 4.78 is 4.18. The fourth-order valence-electron chi connectivity index (χ4n) is 3.12. The van der Waals surface area contributed by atoms with Crippen LogP contribution in [-0.2, 0) is 11.3 Å². The average molecular weight is 323 g/mol. The number of rotatable bonds is 7. The minimum atomic E-state index is -0.138. The van der Waals surface area contributed by atoms with Crippen LogP contribution in [0.3, 0.4) is 0 Å². The van der Waals surface area contributed by atoms with Crippen LogP contribution in [0.15, 0.2) is 61.1 Å². The van der Waals surface area contributed by atoms with Crippen molar-refractivity contribution < 1.29 is 4.79 Å². The van der Waals surface area contributed by atoms with Crippen LogP contribution in [0.4, 0.5) is 0 Å². The minimum absolute atomic E-state index is 0.0939. The Balaban J connectivity index is 1.61. The van der Waals surface area contributed by atoms with Crippen LogP contribution in [0.1, 0.15) is 26.3 Å². The smallest absolute Gasteiger partial charge is 0.243 e.